The van der Waals surface area contributed by atoms with Gasteiger partial charge in [0.15, 0.2) is 0 Å². The van der Waals surface area contributed by atoms with Crippen LogP contribution in [0.15, 0.2) is 54.6 Å². The molecule has 0 aromatic heterocycles. The molecule has 3 N–H and O–H groups in total. The molecule has 0 bridgehead atoms. The van der Waals surface area contributed by atoms with Crippen molar-refractivity contribution in [1.29, 1.82) is 0 Å². The Hall–Kier alpha value is -3.15. The summed E-state index contributed by atoms with van der Waals surface area (Å²) in [6.45, 7) is 3.43. The normalized spacial score (nSPS) is 11.3. The summed E-state index contributed by atoms with van der Waals surface area (Å²) >= 11 is 0. The number of nitrogens with one attached hydrogen (secondary N) is 3. The molecule has 2 aromatic carbocycles. The Balaban J connectivity index is 1.92. The van der Waals surface area contributed by atoms with Crippen molar-refractivity contribution in [2.75, 3.05) is 0 Å². The molecule has 6 nitrogen and oxygen atoms in total. The van der Waals surface area contributed by atoms with E-state index in [9.17, 15) is 14.4 Å². The van der Waals surface area contributed by atoms with Gasteiger partial charge < -0.3 is 5.32 Å². The van der Waals surface area contributed by atoms with Crippen molar-refractivity contribution >= 4 is 17.7 Å². The van der Waals surface area contributed by atoms with Gasteiger partial charge in [0.05, 0.1) is 12.5 Å². The van der Waals surface area contributed by atoms with E-state index in [-0.39, 0.29) is 12.3 Å². The zero-order valence-electron chi connectivity index (χ0n) is 14.9. The molecule has 0 saturated carbocycles. The fraction of sp³-hybridized carbons (Fsp3) is 0.250. The Morgan fingerprint density at radius 2 is 1.58 bits per heavy atom. The van der Waals surface area contributed by atoms with Crippen molar-refractivity contribution in [3.63, 3.8) is 0 Å². The van der Waals surface area contributed by atoms with Gasteiger partial charge in [0.2, 0.25) is 11.8 Å². The molecule has 0 aliphatic carbocycles. The Morgan fingerprint density at radius 1 is 0.923 bits per heavy atom. The minimum atomic E-state index is -0.463. The van der Waals surface area contributed by atoms with E-state index in [2.05, 4.69) is 16.2 Å². The monoisotopic (exact) mass is 353 g/mol. The van der Waals surface area contributed by atoms with E-state index in [1.165, 1.54) is 6.92 Å². The second-order valence-electron chi connectivity index (χ2n) is 5.92. The van der Waals surface area contributed by atoms with Gasteiger partial charge >= 0.3 is 0 Å². The molecule has 0 spiro atoms. The minimum Gasteiger partial charge on any atom is -0.349 e. The fourth-order valence-electron chi connectivity index (χ4n) is 2.51. The number of hydrogen-bond acceptors (Lipinski definition) is 3. The highest BCUT2D eigenvalue weighted by Crippen LogP contribution is 2.16. The summed E-state index contributed by atoms with van der Waals surface area (Å²) in [6.07, 6.45) is 0.904. The highest BCUT2D eigenvalue weighted by atomic mass is 16.2. The van der Waals surface area contributed by atoms with Gasteiger partial charge in [-0.05, 0) is 29.7 Å². The number of benzene rings is 2. The fourth-order valence-corrected chi connectivity index (χ4v) is 2.51. The first-order chi connectivity index (χ1) is 12.5. The minimum absolute atomic E-state index is 0.0125. The average Bonchev–Trinajstić information content (AvgIpc) is 2.66. The zero-order chi connectivity index (χ0) is 18.9. The summed E-state index contributed by atoms with van der Waals surface area (Å²) < 4.78 is 0. The van der Waals surface area contributed by atoms with Crippen LogP contribution in [0.25, 0.3) is 0 Å². The summed E-state index contributed by atoms with van der Waals surface area (Å²) in [4.78, 5) is 35.7. The number of aryl methyl sites for hydroxylation is 1. The lowest BCUT2D eigenvalue weighted by atomic mass is 10.0. The number of hydrogen-bond donors (Lipinski definition) is 3. The van der Waals surface area contributed by atoms with Crippen LogP contribution in [0.1, 0.15) is 47.8 Å². The van der Waals surface area contributed by atoms with Gasteiger partial charge in [-0.15, -0.1) is 0 Å². The number of amides is 3. The molecule has 0 aliphatic heterocycles. The van der Waals surface area contributed by atoms with Crippen LogP contribution in [0.5, 0.6) is 0 Å². The van der Waals surface area contributed by atoms with Crippen LogP contribution in [0.2, 0.25) is 0 Å². The first-order valence-corrected chi connectivity index (χ1v) is 8.49. The van der Waals surface area contributed by atoms with E-state index in [4.69, 9.17) is 0 Å². The van der Waals surface area contributed by atoms with Crippen LogP contribution >= 0.6 is 0 Å². The summed E-state index contributed by atoms with van der Waals surface area (Å²) in [6, 6.07) is 15.9. The van der Waals surface area contributed by atoms with E-state index >= 15 is 0 Å². The predicted molar refractivity (Wildman–Crippen MR) is 99.0 cm³/mol. The molecular weight excluding hydrogens is 330 g/mol. The Bertz CT molecular complexity index is 758. The molecule has 0 heterocycles. The Kier molecular flexibility index (Phi) is 6.91. The molecule has 1 unspecified atom stereocenters. The molecule has 3 amide bonds. The maximum absolute atomic E-state index is 12.2. The molecule has 2 aromatic rings. The van der Waals surface area contributed by atoms with Gasteiger partial charge in [-0.25, -0.2) is 0 Å². The van der Waals surface area contributed by atoms with Crippen molar-refractivity contribution in [3.05, 3.63) is 71.3 Å². The zero-order valence-corrected chi connectivity index (χ0v) is 14.9. The van der Waals surface area contributed by atoms with Crippen molar-refractivity contribution in [2.24, 2.45) is 0 Å². The highest BCUT2D eigenvalue weighted by Gasteiger charge is 2.17. The van der Waals surface area contributed by atoms with Crippen molar-refractivity contribution in [2.45, 2.75) is 32.7 Å². The molecule has 26 heavy (non-hydrogen) atoms. The molecule has 6 heteroatoms. The van der Waals surface area contributed by atoms with Crippen LogP contribution in [-0.4, -0.2) is 17.7 Å². The second kappa shape index (κ2) is 9.36. The lowest BCUT2D eigenvalue weighted by Gasteiger charge is -2.18. The summed E-state index contributed by atoms with van der Waals surface area (Å²) in [5, 5.41) is 2.75. The number of carbonyl (C=O) groups is 3. The van der Waals surface area contributed by atoms with Gasteiger partial charge in [0.1, 0.15) is 0 Å². The lowest BCUT2D eigenvalue weighted by molar-refractivity contribution is -0.123. The molecule has 0 aliphatic rings. The smallest absolute Gasteiger partial charge is 0.269 e. The molecule has 136 valence electrons. The SMILES string of the molecule is CCc1ccc(C(=O)NNC(=O)CC(NC(C)=O)c2ccccc2)cc1. The first-order valence-electron chi connectivity index (χ1n) is 8.49. The quantitative estimate of drug-likeness (QED) is 0.696. The Morgan fingerprint density at radius 3 is 2.15 bits per heavy atom. The molecule has 0 fully saturated rings. The van der Waals surface area contributed by atoms with Crippen LogP contribution in [0, 0.1) is 0 Å². The summed E-state index contributed by atoms with van der Waals surface area (Å²) in [7, 11) is 0. The van der Waals surface area contributed by atoms with Crippen LogP contribution in [-0.2, 0) is 16.0 Å². The maximum atomic E-state index is 12.2. The van der Waals surface area contributed by atoms with E-state index in [0.29, 0.717) is 5.56 Å². The third-order valence-corrected chi connectivity index (χ3v) is 3.91. The standard InChI is InChI=1S/C20H23N3O3/c1-3-15-9-11-17(12-10-15)20(26)23-22-19(25)13-18(21-14(2)24)16-7-5-4-6-8-16/h4-12,18H,3,13H2,1-2H3,(H,21,24)(H,22,25)(H,23,26). The lowest BCUT2D eigenvalue weighted by Crippen LogP contribution is -2.43. The third-order valence-electron chi connectivity index (χ3n) is 3.91. The van der Waals surface area contributed by atoms with Crippen LogP contribution in [0.3, 0.4) is 0 Å². The second-order valence-corrected chi connectivity index (χ2v) is 5.92. The van der Waals surface area contributed by atoms with E-state index in [1.54, 1.807) is 12.1 Å². The number of hydrazine groups is 1. The largest absolute Gasteiger partial charge is 0.349 e. The molecule has 0 radical (unpaired) electrons. The molecule has 1 atom stereocenters. The van der Waals surface area contributed by atoms with Crippen molar-refractivity contribution < 1.29 is 14.4 Å². The van der Waals surface area contributed by atoms with E-state index in [1.807, 2.05) is 49.4 Å². The third kappa shape index (κ3) is 5.73. The van der Waals surface area contributed by atoms with Crippen LogP contribution < -0.4 is 16.2 Å². The van der Waals surface area contributed by atoms with Crippen molar-refractivity contribution in [1.82, 2.24) is 16.2 Å². The first kappa shape index (κ1) is 19.2. The van der Waals surface area contributed by atoms with E-state index < -0.39 is 17.9 Å². The topological polar surface area (TPSA) is 87.3 Å². The maximum Gasteiger partial charge on any atom is 0.269 e. The molecule has 2 rings (SSSR count). The summed E-state index contributed by atoms with van der Waals surface area (Å²) in [5.74, 6) is -1.02. The molecule has 0 saturated heterocycles. The average molecular weight is 353 g/mol. The highest BCUT2D eigenvalue weighted by molar-refractivity contribution is 5.95. The predicted octanol–water partition coefficient (Wildman–Crippen LogP) is 2.28. The van der Waals surface area contributed by atoms with Gasteiger partial charge in [0, 0.05) is 12.5 Å². The van der Waals surface area contributed by atoms with E-state index in [0.717, 1.165) is 17.5 Å². The summed E-state index contributed by atoms with van der Waals surface area (Å²) in [5.41, 5.74) is 7.20. The Labute approximate surface area is 153 Å². The van der Waals surface area contributed by atoms with Gasteiger partial charge in [-0.1, -0.05) is 49.4 Å². The van der Waals surface area contributed by atoms with Crippen LogP contribution in [0.4, 0.5) is 0 Å². The van der Waals surface area contributed by atoms with Gasteiger partial charge in [-0.2, -0.15) is 0 Å². The van der Waals surface area contributed by atoms with Gasteiger partial charge in [0.25, 0.3) is 5.91 Å². The van der Waals surface area contributed by atoms with Crippen molar-refractivity contribution in [3.8, 4) is 0 Å². The molecular formula is C20H23N3O3. The number of carbonyl (C=O) groups excluding carboxylic acids is 3. The van der Waals surface area contributed by atoms with Gasteiger partial charge in [-0.3, -0.25) is 25.2 Å². The number of rotatable bonds is 6.